The highest BCUT2D eigenvalue weighted by Crippen LogP contribution is 2.16. The second-order valence-electron chi connectivity index (χ2n) is 2.96. The predicted octanol–water partition coefficient (Wildman–Crippen LogP) is 3.83. The molecule has 1 aromatic rings. The molecule has 0 unspecified atom stereocenters. The fourth-order valence-electron chi connectivity index (χ4n) is 0.894. The van der Waals surface area contributed by atoms with Crippen LogP contribution in [-0.4, -0.2) is 11.6 Å². The van der Waals surface area contributed by atoms with Crippen LogP contribution in [0, 0.1) is 0 Å². The van der Waals surface area contributed by atoms with E-state index in [0.717, 1.165) is 5.56 Å². The smallest absolute Gasteiger partial charge is 0.388 e. The number of alkyl halides is 2. The molecule has 0 saturated carbocycles. The van der Waals surface area contributed by atoms with Crippen LogP contribution in [0.2, 0.25) is 0 Å². The highest BCUT2D eigenvalue weighted by molar-refractivity contribution is 5.20. The van der Waals surface area contributed by atoms with E-state index < -0.39 is 6.61 Å². The molecular weight excluding hydrogens is 200 g/mol. The molecule has 0 atom stereocenters. The Morgan fingerprint density at radius 3 is 2.13 bits per heavy atom. The maximum Gasteiger partial charge on any atom is 0.388 e. The van der Waals surface area contributed by atoms with Crippen LogP contribution in [0.3, 0.4) is 0 Å². The number of pyridine rings is 1. The molecule has 0 aliphatic rings. The molecule has 0 N–H and O–H groups in total. The summed E-state index contributed by atoms with van der Waals surface area (Å²) in [5.74, 6) is 0.299. The number of hydrogen-bond donors (Lipinski definition) is 0. The van der Waals surface area contributed by atoms with Crippen LogP contribution in [0.5, 0.6) is 5.88 Å². The van der Waals surface area contributed by atoms with Crippen molar-refractivity contribution >= 4 is 0 Å². The van der Waals surface area contributed by atoms with Crippen LogP contribution in [0.4, 0.5) is 8.78 Å². The molecule has 1 rings (SSSR count). The average molecular weight is 217 g/mol. The molecule has 0 spiro atoms. The Labute approximate surface area is 89.3 Å². The lowest BCUT2D eigenvalue weighted by atomic mass is 10.1. The minimum atomic E-state index is -2.81. The summed E-state index contributed by atoms with van der Waals surface area (Å²) in [7, 11) is 0. The summed E-state index contributed by atoms with van der Waals surface area (Å²) in [6.07, 6.45) is 1.54. The molecule has 0 amide bonds. The van der Waals surface area contributed by atoms with Crippen molar-refractivity contribution in [3.05, 3.63) is 23.9 Å². The third-order valence-electron chi connectivity index (χ3n) is 1.64. The van der Waals surface area contributed by atoms with Crippen LogP contribution < -0.4 is 4.74 Å². The third kappa shape index (κ3) is 5.30. The van der Waals surface area contributed by atoms with Gasteiger partial charge < -0.3 is 4.74 Å². The van der Waals surface area contributed by atoms with Gasteiger partial charge in [-0.2, -0.15) is 8.78 Å². The molecule has 0 bridgehead atoms. The Kier molecular flexibility index (Phi) is 6.58. The van der Waals surface area contributed by atoms with Gasteiger partial charge in [0.05, 0.1) is 0 Å². The second-order valence-corrected chi connectivity index (χ2v) is 2.96. The van der Waals surface area contributed by atoms with Gasteiger partial charge in [-0.25, -0.2) is 4.98 Å². The number of ether oxygens (including phenoxy) is 1. The fourth-order valence-corrected chi connectivity index (χ4v) is 0.894. The van der Waals surface area contributed by atoms with Crippen molar-refractivity contribution in [3.63, 3.8) is 0 Å². The van der Waals surface area contributed by atoms with Crippen LogP contribution in [0.1, 0.15) is 39.2 Å². The van der Waals surface area contributed by atoms with E-state index in [1.807, 2.05) is 27.7 Å². The third-order valence-corrected chi connectivity index (χ3v) is 1.64. The van der Waals surface area contributed by atoms with Gasteiger partial charge in [-0.15, -0.1) is 0 Å². The molecule has 0 fully saturated rings. The van der Waals surface area contributed by atoms with E-state index in [2.05, 4.69) is 9.72 Å². The lowest BCUT2D eigenvalue weighted by molar-refractivity contribution is -0.0528. The molecule has 0 radical (unpaired) electrons. The number of nitrogens with zero attached hydrogens (tertiary/aromatic N) is 1. The first-order valence-electron chi connectivity index (χ1n) is 5.00. The van der Waals surface area contributed by atoms with Gasteiger partial charge in [0.15, 0.2) is 0 Å². The van der Waals surface area contributed by atoms with E-state index in [4.69, 9.17) is 0 Å². The van der Waals surface area contributed by atoms with Gasteiger partial charge >= 0.3 is 6.61 Å². The van der Waals surface area contributed by atoms with Gasteiger partial charge in [-0.05, 0) is 11.5 Å². The number of halogens is 2. The van der Waals surface area contributed by atoms with Crippen molar-refractivity contribution in [3.8, 4) is 5.88 Å². The standard InChI is InChI=1S/C9H11F2NO.C2H6/c1-6(2)7-3-4-8(12-5-7)13-9(10)11;1-2/h3-6,9H,1-2H3;1-2H3. The maximum atomic E-state index is 11.7. The van der Waals surface area contributed by atoms with E-state index in [1.54, 1.807) is 12.3 Å². The Hall–Kier alpha value is -1.19. The van der Waals surface area contributed by atoms with E-state index in [9.17, 15) is 8.78 Å². The predicted molar refractivity (Wildman–Crippen MR) is 56.3 cm³/mol. The zero-order valence-corrected chi connectivity index (χ0v) is 9.50. The average Bonchev–Trinajstić information content (AvgIpc) is 2.20. The van der Waals surface area contributed by atoms with Gasteiger partial charge in [0.1, 0.15) is 0 Å². The van der Waals surface area contributed by atoms with Crippen molar-refractivity contribution < 1.29 is 13.5 Å². The topological polar surface area (TPSA) is 22.1 Å². The first-order valence-corrected chi connectivity index (χ1v) is 5.00. The lowest BCUT2D eigenvalue weighted by Crippen LogP contribution is -2.03. The van der Waals surface area contributed by atoms with Crippen LogP contribution in [0.25, 0.3) is 0 Å². The second kappa shape index (κ2) is 7.15. The largest absolute Gasteiger partial charge is 0.417 e. The monoisotopic (exact) mass is 217 g/mol. The Balaban J connectivity index is 0.000000921. The van der Waals surface area contributed by atoms with Crippen molar-refractivity contribution in [2.75, 3.05) is 0 Å². The van der Waals surface area contributed by atoms with Gasteiger partial charge in [0.2, 0.25) is 5.88 Å². The fraction of sp³-hybridized carbons (Fsp3) is 0.545. The molecule has 15 heavy (non-hydrogen) atoms. The normalized spacial score (nSPS) is 9.87. The van der Waals surface area contributed by atoms with Gasteiger partial charge in [0.25, 0.3) is 0 Å². The zero-order chi connectivity index (χ0) is 11.8. The quantitative estimate of drug-likeness (QED) is 0.767. The lowest BCUT2D eigenvalue weighted by Gasteiger charge is -2.06. The SMILES string of the molecule is CC.CC(C)c1ccc(OC(F)F)nc1. The molecule has 0 saturated heterocycles. The Morgan fingerprint density at radius 2 is 1.80 bits per heavy atom. The highest BCUT2D eigenvalue weighted by Gasteiger charge is 2.05. The Bertz CT molecular complexity index is 260. The van der Waals surface area contributed by atoms with Gasteiger partial charge in [-0.1, -0.05) is 33.8 Å². The minimum absolute atomic E-state index is 0.0422. The van der Waals surface area contributed by atoms with E-state index >= 15 is 0 Å². The van der Waals surface area contributed by atoms with Crippen molar-refractivity contribution in [1.29, 1.82) is 0 Å². The molecule has 1 aromatic heterocycles. The summed E-state index contributed by atoms with van der Waals surface area (Å²) in [6, 6.07) is 3.18. The maximum absolute atomic E-state index is 11.7. The number of rotatable bonds is 3. The summed E-state index contributed by atoms with van der Waals surface area (Å²) < 4.78 is 27.5. The number of aromatic nitrogens is 1. The summed E-state index contributed by atoms with van der Waals surface area (Å²) in [4.78, 5) is 3.74. The molecule has 2 nitrogen and oxygen atoms in total. The number of hydrogen-bond acceptors (Lipinski definition) is 2. The summed E-state index contributed by atoms with van der Waals surface area (Å²) in [5, 5.41) is 0. The van der Waals surface area contributed by atoms with E-state index in [1.165, 1.54) is 6.07 Å². The van der Waals surface area contributed by atoms with E-state index in [0.29, 0.717) is 5.92 Å². The zero-order valence-electron chi connectivity index (χ0n) is 9.50. The van der Waals surface area contributed by atoms with Crippen LogP contribution >= 0.6 is 0 Å². The first-order chi connectivity index (χ1) is 7.09. The molecular formula is C11H17F2NO. The van der Waals surface area contributed by atoms with Crippen LogP contribution in [-0.2, 0) is 0 Å². The minimum Gasteiger partial charge on any atom is -0.417 e. The molecule has 4 heteroatoms. The summed E-state index contributed by atoms with van der Waals surface area (Å²) >= 11 is 0. The molecule has 0 aromatic carbocycles. The highest BCUT2D eigenvalue weighted by atomic mass is 19.3. The van der Waals surface area contributed by atoms with Gasteiger partial charge in [-0.3, -0.25) is 0 Å². The van der Waals surface area contributed by atoms with Crippen molar-refractivity contribution in [2.24, 2.45) is 0 Å². The first kappa shape index (κ1) is 13.8. The van der Waals surface area contributed by atoms with Gasteiger partial charge in [0, 0.05) is 12.3 Å². The van der Waals surface area contributed by atoms with Crippen molar-refractivity contribution in [1.82, 2.24) is 4.98 Å². The summed E-state index contributed by atoms with van der Waals surface area (Å²) in [6.45, 7) is 5.20. The molecule has 1 heterocycles. The molecule has 0 aliphatic carbocycles. The molecule has 0 aliphatic heterocycles. The van der Waals surface area contributed by atoms with Crippen LogP contribution in [0.15, 0.2) is 18.3 Å². The van der Waals surface area contributed by atoms with Crippen molar-refractivity contribution in [2.45, 2.75) is 40.2 Å². The summed E-state index contributed by atoms with van der Waals surface area (Å²) in [5.41, 5.74) is 1.00. The molecule has 86 valence electrons. The van der Waals surface area contributed by atoms with E-state index in [-0.39, 0.29) is 5.88 Å². The Morgan fingerprint density at radius 1 is 1.20 bits per heavy atom.